The molecule has 1 saturated heterocycles. The third-order valence-electron chi connectivity index (χ3n) is 3.47. The highest BCUT2D eigenvalue weighted by Gasteiger charge is 2.25. The van der Waals surface area contributed by atoms with Gasteiger partial charge in [-0.15, -0.1) is 11.3 Å². The molecule has 0 aromatic carbocycles. The van der Waals surface area contributed by atoms with E-state index in [-0.39, 0.29) is 5.97 Å². The van der Waals surface area contributed by atoms with Crippen molar-refractivity contribution >= 4 is 22.4 Å². The molecule has 2 rings (SSSR count). The summed E-state index contributed by atoms with van der Waals surface area (Å²) in [4.78, 5) is 18.5. The number of aromatic nitrogens is 1. The highest BCUT2D eigenvalue weighted by molar-refractivity contribution is 7.13. The molecular formula is C14H22N2O2S. The first-order valence-electron chi connectivity index (χ1n) is 7.15. The monoisotopic (exact) mass is 282 g/mol. The van der Waals surface area contributed by atoms with Crippen molar-refractivity contribution in [3.8, 4) is 0 Å². The van der Waals surface area contributed by atoms with Crippen molar-refractivity contribution in [2.24, 2.45) is 0 Å². The van der Waals surface area contributed by atoms with Crippen LogP contribution in [0, 0.1) is 0 Å². The van der Waals surface area contributed by atoms with E-state index < -0.39 is 0 Å². The summed E-state index contributed by atoms with van der Waals surface area (Å²) in [6, 6.07) is 0.583. The zero-order valence-electron chi connectivity index (χ0n) is 11.7. The summed E-state index contributed by atoms with van der Waals surface area (Å²) in [5.74, 6) is -0.311. The van der Waals surface area contributed by atoms with Crippen molar-refractivity contribution in [2.75, 3.05) is 18.1 Å². The summed E-state index contributed by atoms with van der Waals surface area (Å²) in [5.41, 5.74) is 0.447. The fraction of sp³-hybridized carbons (Fsp3) is 0.714. The summed E-state index contributed by atoms with van der Waals surface area (Å²) < 4.78 is 4.99. The predicted octanol–water partition coefficient (Wildman–Crippen LogP) is 3.48. The molecule has 1 aliphatic rings. The SMILES string of the molecule is CCCC1CCCCN1c1nc(C(=O)OCC)cs1. The fourth-order valence-electron chi connectivity index (χ4n) is 2.58. The van der Waals surface area contributed by atoms with Crippen LogP contribution in [0.3, 0.4) is 0 Å². The molecule has 0 radical (unpaired) electrons. The lowest BCUT2D eigenvalue weighted by Gasteiger charge is -2.35. The van der Waals surface area contributed by atoms with Gasteiger partial charge in [0.25, 0.3) is 0 Å². The standard InChI is InChI=1S/C14H22N2O2S/c1-3-7-11-8-5-6-9-16(11)14-15-12(10-19-14)13(17)18-4-2/h10-11H,3-9H2,1-2H3. The van der Waals surface area contributed by atoms with Gasteiger partial charge in [0.05, 0.1) is 6.61 Å². The number of esters is 1. The molecule has 1 atom stereocenters. The Bertz CT molecular complexity index is 417. The lowest BCUT2D eigenvalue weighted by Crippen LogP contribution is -2.39. The van der Waals surface area contributed by atoms with Gasteiger partial charge in [-0.2, -0.15) is 0 Å². The molecule has 4 nitrogen and oxygen atoms in total. The largest absolute Gasteiger partial charge is 0.461 e. The van der Waals surface area contributed by atoms with E-state index in [1.807, 2.05) is 12.3 Å². The number of hydrogen-bond donors (Lipinski definition) is 0. The van der Waals surface area contributed by atoms with E-state index in [1.165, 1.54) is 32.1 Å². The Kier molecular flexibility index (Phi) is 5.19. The van der Waals surface area contributed by atoms with Crippen molar-refractivity contribution in [3.63, 3.8) is 0 Å². The zero-order valence-corrected chi connectivity index (χ0v) is 12.5. The van der Waals surface area contributed by atoms with Crippen molar-refractivity contribution in [2.45, 2.75) is 52.0 Å². The van der Waals surface area contributed by atoms with Gasteiger partial charge in [-0.25, -0.2) is 9.78 Å². The molecule has 1 aromatic heterocycles. The van der Waals surface area contributed by atoms with E-state index in [4.69, 9.17) is 4.74 Å². The molecular weight excluding hydrogens is 260 g/mol. The maximum Gasteiger partial charge on any atom is 0.357 e. The summed E-state index contributed by atoms with van der Waals surface area (Å²) in [6.07, 6.45) is 6.15. The minimum absolute atomic E-state index is 0.311. The van der Waals surface area contributed by atoms with Gasteiger partial charge in [0.1, 0.15) is 0 Å². The fourth-order valence-corrected chi connectivity index (χ4v) is 3.47. The molecule has 0 amide bonds. The number of carbonyl (C=O) groups excluding carboxylic acids is 1. The third kappa shape index (κ3) is 3.47. The second-order valence-electron chi connectivity index (χ2n) is 4.87. The van der Waals surface area contributed by atoms with Crippen LogP contribution in [0.2, 0.25) is 0 Å². The van der Waals surface area contributed by atoms with Gasteiger partial charge >= 0.3 is 5.97 Å². The molecule has 0 saturated carbocycles. The van der Waals surface area contributed by atoms with Crippen LogP contribution >= 0.6 is 11.3 Å². The van der Waals surface area contributed by atoms with E-state index in [1.54, 1.807) is 11.3 Å². The second kappa shape index (κ2) is 6.89. The Balaban J connectivity index is 2.09. The van der Waals surface area contributed by atoms with Crippen molar-refractivity contribution in [1.29, 1.82) is 0 Å². The Morgan fingerprint density at radius 3 is 3.11 bits per heavy atom. The average molecular weight is 282 g/mol. The summed E-state index contributed by atoms with van der Waals surface area (Å²) in [5, 5.41) is 2.78. The highest BCUT2D eigenvalue weighted by atomic mass is 32.1. The first-order valence-corrected chi connectivity index (χ1v) is 8.03. The number of piperidine rings is 1. The number of nitrogens with zero attached hydrogens (tertiary/aromatic N) is 2. The topological polar surface area (TPSA) is 42.4 Å². The molecule has 1 aliphatic heterocycles. The van der Waals surface area contributed by atoms with E-state index in [2.05, 4.69) is 16.8 Å². The van der Waals surface area contributed by atoms with Gasteiger partial charge in [0.15, 0.2) is 10.8 Å². The highest BCUT2D eigenvalue weighted by Crippen LogP contribution is 2.29. The van der Waals surface area contributed by atoms with Crippen LogP contribution < -0.4 is 4.90 Å². The summed E-state index contributed by atoms with van der Waals surface area (Å²) in [6.45, 7) is 5.49. The van der Waals surface area contributed by atoms with Crippen molar-refractivity contribution in [1.82, 2.24) is 4.98 Å². The number of carbonyl (C=O) groups is 1. The third-order valence-corrected chi connectivity index (χ3v) is 4.35. The Morgan fingerprint density at radius 2 is 2.37 bits per heavy atom. The van der Waals surface area contributed by atoms with Gasteiger partial charge < -0.3 is 9.64 Å². The van der Waals surface area contributed by atoms with E-state index in [0.29, 0.717) is 18.3 Å². The minimum atomic E-state index is -0.311. The maximum absolute atomic E-state index is 11.7. The first-order chi connectivity index (χ1) is 9.26. The van der Waals surface area contributed by atoms with Crippen LogP contribution in [0.25, 0.3) is 0 Å². The van der Waals surface area contributed by atoms with Gasteiger partial charge in [-0.05, 0) is 32.6 Å². The van der Waals surface area contributed by atoms with Crippen LogP contribution in [0.15, 0.2) is 5.38 Å². The molecule has 1 fully saturated rings. The Labute approximate surface area is 118 Å². The lowest BCUT2D eigenvalue weighted by molar-refractivity contribution is 0.0520. The van der Waals surface area contributed by atoms with Gasteiger partial charge in [0, 0.05) is 18.0 Å². The maximum atomic E-state index is 11.7. The average Bonchev–Trinajstić information content (AvgIpc) is 2.90. The van der Waals surface area contributed by atoms with E-state index >= 15 is 0 Å². The summed E-state index contributed by atoms with van der Waals surface area (Å²) in [7, 11) is 0. The Hall–Kier alpha value is -1.10. The molecule has 0 N–H and O–H groups in total. The van der Waals surface area contributed by atoms with E-state index in [0.717, 1.165) is 11.7 Å². The minimum Gasteiger partial charge on any atom is -0.461 e. The molecule has 0 aliphatic carbocycles. The molecule has 0 bridgehead atoms. The molecule has 5 heteroatoms. The second-order valence-corrected chi connectivity index (χ2v) is 5.70. The lowest BCUT2D eigenvalue weighted by atomic mass is 9.99. The van der Waals surface area contributed by atoms with Crippen LogP contribution in [-0.4, -0.2) is 30.1 Å². The smallest absolute Gasteiger partial charge is 0.357 e. The Morgan fingerprint density at radius 1 is 1.53 bits per heavy atom. The van der Waals surface area contributed by atoms with Gasteiger partial charge in [-0.3, -0.25) is 0 Å². The number of thiazole rings is 1. The van der Waals surface area contributed by atoms with Crippen molar-refractivity contribution in [3.05, 3.63) is 11.1 Å². The molecule has 106 valence electrons. The van der Waals surface area contributed by atoms with Crippen LogP contribution in [0.1, 0.15) is 56.4 Å². The number of hydrogen-bond acceptors (Lipinski definition) is 5. The molecule has 2 heterocycles. The zero-order chi connectivity index (χ0) is 13.7. The molecule has 1 unspecified atom stereocenters. The van der Waals surface area contributed by atoms with Crippen LogP contribution in [-0.2, 0) is 4.74 Å². The van der Waals surface area contributed by atoms with Crippen LogP contribution in [0.5, 0.6) is 0 Å². The quantitative estimate of drug-likeness (QED) is 0.775. The van der Waals surface area contributed by atoms with Crippen molar-refractivity contribution < 1.29 is 9.53 Å². The molecule has 19 heavy (non-hydrogen) atoms. The predicted molar refractivity (Wildman–Crippen MR) is 78.0 cm³/mol. The van der Waals surface area contributed by atoms with Gasteiger partial charge in [0.2, 0.25) is 0 Å². The number of ether oxygens (including phenoxy) is 1. The van der Waals surface area contributed by atoms with Gasteiger partial charge in [-0.1, -0.05) is 13.3 Å². The molecule has 1 aromatic rings. The first kappa shape index (κ1) is 14.3. The normalized spacial score (nSPS) is 19.5. The molecule has 0 spiro atoms. The van der Waals surface area contributed by atoms with E-state index in [9.17, 15) is 4.79 Å². The van der Waals surface area contributed by atoms with Crippen LogP contribution in [0.4, 0.5) is 5.13 Å². The number of rotatable bonds is 5. The number of anilines is 1. The summed E-state index contributed by atoms with van der Waals surface area (Å²) >= 11 is 1.55.